The number of nitrogens with one attached hydrogen (secondary N) is 1. The predicted octanol–water partition coefficient (Wildman–Crippen LogP) is 2.18. The van der Waals surface area contributed by atoms with Gasteiger partial charge < -0.3 is 10.2 Å². The van der Waals surface area contributed by atoms with E-state index in [0.717, 1.165) is 56.2 Å². The first-order chi connectivity index (χ1) is 9.28. The van der Waals surface area contributed by atoms with Gasteiger partial charge in [0.25, 0.3) is 0 Å². The van der Waals surface area contributed by atoms with Gasteiger partial charge in [0.15, 0.2) is 0 Å². The SMILES string of the molecule is CCCN(c1nc(CC)cc(CC)n1)C1CCNC1. The van der Waals surface area contributed by atoms with Crippen molar-refractivity contribution in [2.75, 3.05) is 24.5 Å². The Bertz CT molecular complexity index is 377. The average molecular weight is 262 g/mol. The van der Waals surface area contributed by atoms with Crippen LogP contribution in [0.25, 0.3) is 0 Å². The van der Waals surface area contributed by atoms with Gasteiger partial charge in [-0.25, -0.2) is 9.97 Å². The minimum absolute atomic E-state index is 0.553. The highest BCUT2D eigenvalue weighted by Crippen LogP contribution is 2.18. The van der Waals surface area contributed by atoms with Crippen LogP contribution in [0.3, 0.4) is 0 Å². The smallest absolute Gasteiger partial charge is 0.226 e. The molecular weight excluding hydrogens is 236 g/mol. The molecule has 1 atom stereocenters. The van der Waals surface area contributed by atoms with Crippen LogP contribution in [-0.2, 0) is 12.8 Å². The molecule has 1 fully saturated rings. The summed E-state index contributed by atoms with van der Waals surface area (Å²) >= 11 is 0. The number of anilines is 1. The lowest BCUT2D eigenvalue weighted by Gasteiger charge is -2.28. The second-order valence-electron chi connectivity index (χ2n) is 5.20. The van der Waals surface area contributed by atoms with Crippen molar-refractivity contribution in [2.45, 2.75) is 52.5 Å². The van der Waals surface area contributed by atoms with Gasteiger partial charge in [-0.3, -0.25) is 0 Å². The molecule has 4 heteroatoms. The van der Waals surface area contributed by atoms with E-state index in [0.29, 0.717) is 6.04 Å². The van der Waals surface area contributed by atoms with Gasteiger partial charge in [-0.05, 0) is 38.3 Å². The maximum absolute atomic E-state index is 4.75. The van der Waals surface area contributed by atoms with E-state index >= 15 is 0 Å². The number of rotatable bonds is 6. The molecule has 0 aromatic carbocycles. The monoisotopic (exact) mass is 262 g/mol. The Labute approximate surface area is 116 Å². The Hall–Kier alpha value is -1.16. The minimum atomic E-state index is 0.553. The van der Waals surface area contributed by atoms with E-state index in [1.54, 1.807) is 0 Å². The van der Waals surface area contributed by atoms with Crippen LogP contribution in [0, 0.1) is 0 Å². The Kier molecular flexibility index (Phi) is 5.14. The molecule has 1 N–H and O–H groups in total. The van der Waals surface area contributed by atoms with Crippen LogP contribution >= 0.6 is 0 Å². The lowest BCUT2D eigenvalue weighted by Crippen LogP contribution is -2.39. The lowest BCUT2D eigenvalue weighted by atomic mass is 10.2. The fourth-order valence-corrected chi connectivity index (χ4v) is 2.62. The highest BCUT2D eigenvalue weighted by atomic mass is 15.3. The number of nitrogens with zero attached hydrogens (tertiary/aromatic N) is 3. The molecule has 0 bridgehead atoms. The Balaban J connectivity index is 2.28. The average Bonchev–Trinajstić information content (AvgIpc) is 2.97. The van der Waals surface area contributed by atoms with Gasteiger partial charge >= 0.3 is 0 Å². The van der Waals surface area contributed by atoms with Crippen molar-refractivity contribution in [3.8, 4) is 0 Å². The van der Waals surface area contributed by atoms with Gasteiger partial charge in [0, 0.05) is 30.5 Å². The molecule has 0 radical (unpaired) electrons. The van der Waals surface area contributed by atoms with Gasteiger partial charge in [-0.2, -0.15) is 0 Å². The molecule has 2 heterocycles. The first-order valence-corrected chi connectivity index (χ1v) is 7.62. The van der Waals surface area contributed by atoms with E-state index in [-0.39, 0.29) is 0 Å². The molecule has 1 aromatic rings. The molecule has 0 spiro atoms. The Morgan fingerprint density at radius 3 is 2.37 bits per heavy atom. The topological polar surface area (TPSA) is 41.1 Å². The number of aryl methyl sites for hydroxylation is 2. The van der Waals surface area contributed by atoms with Gasteiger partial charge in [0.2, 0.25) is 5.95 Å². The second-order valence-corrected chi connectivity index (χ2v) is 5.20. The van der Waals surface area contributed by atoms with Crippen LogP contribution in [0.2, 0.25) is 0 Å². The molecule has 1 aliphatic rings. The van der Waals surface area contributed by atoms with Crippen molar-refractivity contribution in [1.29, 1.82) is 0 Å². The number of hydrogen-bond acceptors (Lipinski definition) is 4. The van der Waals surface area contributed by atoms with Crippen molar-refractivity contribution >= 4 is 5.95 Å². The molecule has 19 heavy (non-hydrogen) atoms. The molecule has 4 nitrogen and oxygen atoms in total. The maximum atomic E-state index is 4.75. The molecule has 1 unspecified atom stereocenters. The van der Waals surface area contributed by atoms with Crippen molar-refractivity contribution in [3.05, 3.63) is 17.5 Å². The minimum Gasteiger partial charge on any atom is -0.337 e. The van der Waals surface area contributed by atoms with Crippen LogP contribution in [0.15, 0.2) is 6.07 Å². The lowest BCUT2D eigenvalue weighted by molar-refractivity contribution is 0.606. The fraction of sp³-hybridized carbons (Fsp3) is 0.733. The normalized spacial score (nSPS) is 18.8. The highest BCUT2D eigenvalue weighted by molar-refractivity contribution is 5.35. The standard InChI is InChI=1S/C15H26N4/c1-4-9-19(14-7-8-16-11-14)15-17-12(5-2)10-13(6-3)18-15/h10,14,16H,4-9,11H2,1-3H3. The molecular formula is C15H26N4. The van der Waals surface area contributed by atoms with E-state index in [1.807, 2.05) is 0 Å². The summed E-state index contributed by atoms with van der Waals surface area (Å²) in [5, 5.41) is 3.44. The zero-order valence-electron chi connectivity index (χ0n) is 12.4. The Morgan fingerprint density at radius 2 is 1.89 bits per heavy atom. The zero-order chi connectivity index (χ0) is 13.7. The summed E-state index contributed by atoms with van der Waals surface area (Å²) < 4.78 is 0. The van der Waals surface area contributed by atoms with Crippen molar-refractivity contribution in [1.82, 2.24) is 15.3 Å². The third kappa shape index (κ3) is 3.44. The van der Waals surface area contributed by atoms with E-state index in [4.69, 9.17) is 9.97 Å². The van der Waals surface area contributed by atoms with Crippen molar-refractivity contribution in [3.63, 3.8) is 0 Å². The molecule has 0 saturated carbocycles. The molecule has 0 amide bonds. The summed E-state index contributed by atoms with van der Waals surface area (Å²) in [5.74, 6) is 0.937. The summed E-state index contributed by atoms with van der Waals surface area (Å²) in [7, 11) is 0. The molecule has 1 aliphatic heterocycles. The van der Waals surface area contributed by atoms with Gasteiger partial charge in [-0.15, -0.1) is 0 Å². The van der Waals surface area contributed by atoms with E-state index in [2.05, 4.69) is 37.1 Å². The fourth-order valence-electron chi connectivity index (χ4n) is 2.62. The molecule has 1 saturated heterocycles. The molecule has 2 rings (SSSR count). The van der Waals surface area contributed by atoms with Crippen LogP contribution in [0.1, 0.15) is 45.0 Å². The van der Waals surface area contributed by atoms with Crippen molar-refractivity contribution < 1.29 is 0 Å². The summed E-state index contributed by atoms with van der Waals surface area (Å²) in [5.41, 5.74) is 2.32. The summed E-state index contributed by atoms with van der Waals surface area (Å²) in [6, 6.07) is 2.69. The van der Waals surface area contributed by atoms with Gasteiger partial charge in [0.1, 0.15) is 0 Å². The quantitative estimate of drug-likeness (QED) is 0.853. The van der Waals surface area contributed by atoms with Gasteiger partial charge in [0.05, 0.1) is 0 Å². The van der Waals surface area contributed by atoms with Crippen LogP contribution in [0.5, 0.6) is 0 Å². The van der Waals surface area contributed by atoms with E-state index in [1.165, 1.54) is 6.42 Å². The van der Waals surface area contributed by atoms with E-state index in [9.17, 15) is 0 Å². The molecule has 0 aliphatic carbocycles. The summed E-state index contributed by atoms with van der Waals surface area (Å²) in [6.07, 6.45) is 4.29. The Morgan fingerprint density at radius 1 is 1.21 bits per heavy atom. The maximum Gasteiger partial charge on any atom is 0.226 e. The first kappa shape index (κ1) is 14.3. The summed E-state index contributed by atoms with van der Waals surface area (Å²) in [6.45, 7) is 9.75. The van der Waals surface area contributed by atoms with Crippen LogP contribution < -0.4 is 10.2 Å². The van der Waals surface area contributed by atoms with Gasteiger partial charge in [-0.1, -0.05) is 20.8 Å². The number of hydrogen-bond donors (Lipinski definition) is 1. The predicted molar refractivity (Wildman–Crippen MR) is 79.7 cm³/mol. The highest BCUT2D eigenvalue weighted by Gasteiger charge is 2.24. The van der Waals surface area contributed by atoms with E-state index < -0.39 is 0 Å². The molecule has 1 aromatic heterocycles. The van der Waals surface area contributed by atoms with Crippen molar-refractivity contribution in [2.24, 2.45) is 0 Å². The largest absolute Gasteiger partial charge is 0.337 e. The van der Waals surface area contributed by atoms with Crippen LogP contribution in [0.4, 0.5) is 5.95 Å². The van der Waals surface area contributed by atoms with Crippen LogP contribution in [-0.4, -0.2) is 35.6 Å². The zero-order valence-corrected chi connectivity index (χ0v) is 12.4. The molecule has 106 valence electrons. The second kappa shape index (κ2) is 6.85. The summed E-state index contributed by atoms with van der Waals surface area (Å²) in [4.78, 5) is 11.9. The third-order valence-corrected chi connectivity index (χ3v) is 3.74. The number of aromatic nitrogens is 2. The first-order valence-electron chi connectivity index (χ1n) is 7.62. The third-order valence-electron chi connectivity index (χ3n) is 3.74.